The van der Waals surface area contributed by atoms with Gasteiger partial charge in [-0.05, 0) is 40.2 Å². The lowest BCUT2D eigenvalue weighted by Crippen LogP contribution is -2.42. The second-order valence-electron chi connectivity index (χ2n) is 6.91. The standard InChI is InChI=1S/C13H20N2O2S.C5H8N2O/c1-12(2)6-7-8(10(14)16)11(15-5)18-9(7)13(3,4)17-12;1-3-5(4-8)7-6-2/h15H,6H2,1-5H3,(H2,14,16);3-4,7H,2H2,1H3/b;5-3-. The molecule has 8 heteroatoms. The molecule has 0 bridgehead atoms. The van der Waals surface area contributed by atoms with E-state index < -0.39 is 0 Å². The number of thiophene rings is 1. The Bertz CT molecular complexity index is 720. The number of ether oxygens (including phenoxy) is 1. The second kappa shape index (κ2) is 8.46. The van der Waals surface area contributed by atoms with Gasteiger partial charge in [0.25, 0.3) is 5.91 Å². The zero-order valence-corrected chi connectivity index (χ0v) is 17.0. The fourth-order valence-corrected chi connectivity index (χ4v) is 4.22. The summed E-state index contributed by atoms with van der Waals surface area (Å²) in [5.74, 6) is -0.370. The number of nitrogens with zero attached hydrogens (tertiary/aromatic N) is 1. The summed E-state index contributed by atoms with van der Waals surface area (Å²) < 4.78 is 6.11. The van der Waals surface area contributed by atoms with Crippen LogP contribution in [0.4, 0.5) is 5.00 Å². The maximum absolute atomic E-state index is 11.7. The minimum absolute atomic E-state index is 0.285. The van der Waals surface area contributed by atoms with Crippen molar-refractivity contribution in [2.75, 3.05) is 12.4 Å². The third-order valence-corrected chi connectivity index (χ3v) is 5.36. The number of hydrogen-bond donors (Lipinski definition) is 3. The third kappa shape index (κ3) is 4.92. The number of anilines is 1. The van der Waals surface area contributed by atoms with Gasteiger partial charge < -0.3 is 15.8 Å². The lowest BCUT2D eigenvalue weighted by atomic mass is 9.86. The van der Waals surface area contributed by atoms with Crippen LogP contribution in [0.1, 0.15) is 55.4 Å². The van der Waals surface area contributed by atoms with Crippen molar-refractivity contribution < 1.29 is 14.3 Å². The number of carbonyl (C=O) groups is 2. The Morgan fingerprint density at radius 3 is 2.38 bits per heavy atom. The van der Waals surface area contributed by atoms with Crippen molar-refractivity contribution in [2.24, 2.45) is 10.8 Å². The Morgan fingerprint density at radius 1 is 1.38 bits per heavy atom. The second-order valence-corrected chi connectivity index (χ2v) is 7.93. The highest BCUT2D eigenvalue weighted by molar-refractivity contribution is 7.16. The number of primary amides is 1. The number of hydrogen-bond acceptors (Lipinski definition) is 7. The smallest absolute Gasteiger partial charge is 0.251 e. The number of fused-ring (bicyclic) bond motifs is 1. The van der Waals surface area contributed by atoms with Crippen molar-refractivity contribution in [3.63, 3.8) is 0 Å². The molecule has 0 spiro atoms. The Hall–Kier alpha value is -2.19. The number of carbonyl (C=O) groups excluding carboxylic acids is 2. The van der Waals surface area contributed by atoms with E-state index in [9.17, 15) is 9.59 Å². The summed E-state index contributed by atoms with van der Waals surface area (Å²) in [4.78, 5) is 22.7. The molecule has 0 radical (unpaired) electrons. The molecule has 1 aromatic rings. The van der Waals surface area contributed by atoms with Crippen LogP contribution in [0.3, 0.4) is 0 Å². The molecule has 144 valence electrons. The van der Waals surface area contributed by atoms with E-state index in [0.717, 1.165) is 15.4 Å². The quantitative estimate of drug-likeness (QED) is 0.315. The Labute approximate surface area is 158 Å². The van der Waals surface area contributed by atoms with Crippen molar-refractivity contribution >= 4 is 35.2 Å². The van der Waals surface area contributed by atoms with E-state index in [4.69, 9.17) is 10.5 Å². The van der Waals surface area contributed by atoms with Crippen LogP contribution in [0, 0.1) is 0 Å². The fraction of sp³-hybridized carbons (Fsp3) is 0.500. The highest BCUT2D eigenvalue weighted by atomic mass is 32.1. The molecule has 0 fully saturated rings. The van der Waals surface area contributed by atoms with Crippen LogP contribution in [0.15, 0.2) is 16.9 Å². The first-order valence-electron chi connectivity index (χ1n) is 8.20. The van der Waals surface area contributed by atoms with Gasteiger partial charge in [-0.3, -0.25) is 15.0 Å². The van der Waals surface area contributed by atoms with Crippen LogP contribution >= 0.6 is 11.3 Å². The number of nitrogens with one attached hydrogen (secondary N) is 2. The van der Waals surface area contributed by atoms with Crippen molar-refractivity contribution in [1.82, 2.24) is 5.43 Å². The van der Waals surface area contributed by atoms with E-state index >= 15 is 0 Å². The summed E-state index contributed by atoms with van der Waals surface area (Å²) in [7, 11) is 1.81. The van der Waals surface area contributed by atoms with Crippen LogP contribution in [0.2, 0.25) is 0 Å². The largest absolute Gasteiger partial charge is 0.379 e. The average molecular weight is 381 g/mol. The predicted octanol–water partition coefficient (Wildman–Crippen LogP) is 2.77. The van der Waals surface area contributed by atoms with Gasteiger partial charge in [-0.2, -0.15) is 5.10 Å². The van der Waals surface area contributed by atoms with Gasteiger partial charge in [-0.1, -0.05) is 6.08 Å². The first-order chi connectivity index (χ1) is 12.0. The predicted molar refractivity (Wildman–Crippen MR) is 107 cm³/mol. The van der Waals surface area contributed by atoms with Crippen molar-refractivity contribution in [2.45, 2.75) is 52.2 Å². The zero-order valence-electron chi connectivity index (χ0n) is 16.2. The highest BCUT2D eigenvalue weighted by Gasteiger charge is 2.42. The van der Waals surface area contributed by atoms with E-state index in [2.05, 4.69) is 22.6 Å². The Balaban J connectivity index is 0.000000359. The van der Waals surface area contributed by atoms with Crippen LogP contribution in [0.25, 0.3) is 0 Å². The first kappa shape index (κ1) is 21.9. The van der Waals surface area contributed by atoms with Gasteiger partial charge >= 0.3 is 0 Å². The van der Waals surface area contributed by atoms with Gasteiger partial charge in [0.05, 0.1) is 22.5 Å². The molecule has 0 atom stereocenters. The minimum atomic E-state index is -0.388. The summed E-state index contributed by atoms with van der Waals surface area (Å²) in [6.45, 7) is 13.0. The maximum Gasteiger partial charge on any atom is 0.251 e. The van der Waals surface area contributed by atoms with E-state index in [1.54, 1.807) is 24.3 Å². The molecule has 1 aliphatic rings. The summed E-state index contributed by atoms with van der Waals surface area (Å²) in [6.07, 6.45) is 3.00. The molecule has 0 aliphatic carbocycles. The summed E-state index contributed by atoms with van der Waals surface area (Å²) in [6, 6.07) is 0. The fourth-order valence-electron chi connectivity index (χ4n) is 3.01. The van der Waals surface area contributed by atoms with Gasteiger partial charge in [0, 0.05) is 25.1 Å². The Morgan fingerprint density at radius 2 is 2.00 bits per heavy atom. The number of allylic oxidation sites excluding steroid dienone is 2. The van der Waals surface area contributed by atoms with Gasteiger partial charge in [0.15, 0.2) is 6.29 Å². The molecule has 0 unspecified atom stereocenters. The van der Waals surface area contributed by atoms with Gasteiger partial charge in [-0.15, -0.1) is 11.3 Å². The number of rotatable bonds is 5. The lowest BCUT2D eigenvalue weighted by Gasteiger charge is -2.41. The van der Waals surface area contributed by atoms with E-state index in [1.807, 2.05) is 34.7 Å². The Kier molecular flexibility index (Phi) is 7.11. The monoisotopic (exact) mass is 380 g/mol. The van der Waals surface area contributed by atoms with E-state index in [1.165, 1.54) is 0 Å². The molecular formula is C18H28N4O3S. The topological polar surface area (TPSA) is 106 Å². The van der Waals surface area contributed by atoms with E-state index in [-0.39, 0.29) is 17.1 Å². The maximum atomic E-state index is 11.7. The molecule has 26 heavy (non-hydrogen) atoms. The van der Waals surface area contributed by atoms with Crippen molar-refractivity contribution in [3.05, 3.63) is 27.8 Å². The van der Waals surface area contributed by atoms with Gasteiger partial charge in [0.2, 0.25) is 0 Å². The number of amides is 1. The SMILES string of the molecule is C=NN/C(C=O)=C\C.CNc1sc2c(c1C(N)=O)CC(C)(C)OC2(C)C. The van der Waals surface area contributed by atoms with Gasteiger partial charge in [0.1, 0.15) is 5.00 Å². The summed E-state index contributed by atoms with van der Waals surface area (Å²) in [5, 5.41) is 7.17. The molecule has 2 heterocycles. The van der Waals surface area contributed by atoms with Crippen molar-refractivity contribution in [1.29, 1.82) is 0 Å². The summed E-state index contributed by atoms with van der Waals surface area (Å²) in [5.41, 5.74) is 9.34. The van der Waals surface area contributed by atoms with Crippen molar-refractivity contribution in [3.8, 4) is 0 Å². The molecule has 1 aliphatic heterocycles. The molecule has 1 amide bonds. The molecule has 4 N–H and O–H groups in total. The van der Waals surface area contributed by atoms with Crippen LogP contribution in [-0.4, -0.2) is 31.6 Å². The first-order valence-corrected chi connectivity index (χ1v) is 9.01. The van der Waals surface area contributed by atoms with Gasteiger partial charge in [-0.25, -0.2) is 0 Å². The van der Waals surface area contributed by atoms with Crippen LogP contribution < -0.4 is 16.5 Å². The molecule has 0 saturated carbocycles. The molecule has 7 nitrogen and oxygen atoms in total. The number of nitrogens with two attached hydrogens (primary N) is 1. The number of hydrazone groups is 1. The average Bonchev–Trinajstić information content (AvgIpc) is 2.90. The molecular weight excluding hydrogens is 352 g/mol. The molecule has 1 aromatic heterocycles. The third-order valence-electron chi connectivity index (χ3n) is 3.81. The van der Waals surface area contributed by atoms with E-state index in [0.29, 0.717) is 24.0 Å². The minimum Gasteiger partial charge on any atom is -0.379 e. The van der Waals surface area contributed by atoms with Crippen LogP contribution in [0.5, 0.6) is 0 Å². The molecule has 2 rings (SSSR count). The molecule has 0 saturated heterocycles. The molecule has 0 aromatic carbocycles. The van der Waals surface area contributed by atoms with Crippen LogP contribution in [-0.2, 0) is 21.6 Å². The zero-order chi connectivity index (χ0) is 20.1. The highest BCUT2D eigenvalue weighted by Crippen LogP contribution is 2.47. The normalized spacial score (nSPS) is 17.2. The summed E-state index contributed by atoms with van der Waals surface area (Å²) >= 11 is 1.56. The lowest BCUT2D eigenvalue weighted by molar-refractivity contribution is -0.135. The number of aldehydes is 1.